The van der Waals surface area contributed by atoms with Crippen molar-refractivity contribution in [3.63, 3.8) is 0 Å². The van der Waals surface area contributed by atoms with Gasteiger partial charge < -0.3 is 20.6 Å². The lowest BCUT2D eigenvalue weighted by Crippen LogP contribution is -2.50. The Hall–Kier alpha value is -1.75. The second-order valence-electron chi connectivity index (χ2n) is 4.88. The van der Waals surface area contributed by atoms with Gasteiger partial charge >= 0.3 is 5.97 Å². The summed E-state index contributed by atoms with van der Waals surface area (Å²) in [4.78, 5) is 15.5. The molecule has 18 heavy (non-hydrogen) atoms. The summed E-state index contributed by atoms with van der Waals surface area (Å²) in [7, 11) is 2.11. The third-order valence-electron chi connectivity index (χ3n) is 3.43. The van der Waals surface area contributed by atoms with E-state index in [1.807, 2.05) is 6.07 Å². The first-order valence-corrected chi connectivity index (χ1v) is 6.07. The van der Waals surface area contributed by atoms with Gasteiger partial charge in [0.25, 0.3) is 0 Å². The number of hydrogen-bond acceptors (Lipinski definition) is 4. The number of carboxylic acids is 1. The fourth-order valence-corrected chi connectivity index (χ4v) is 2.45. The molecule has 1 heterocycles. The van der Waals surface area contributed by atoms with E-state index in [9.17, 15) is 4.79 Å². The molecule has 5 nitrogen and oxygen atoms in total. The fourth-order valence-electron chi connectivity index (χ4n) is 2.45. The van der Waals surface area contributed by atoms with Crippen molar-refractivity contribution in [3.8, 4) is 0 Å². The van der Waals surface area contributed by atoms with Gasteiger partial charge in [0.15, 0.2) is 0 Å². The molecule has 98 valence electrons. The predicted octanol–water partition coefficient (Wildman–Crippen LogP) is 1.11. The number of nitrogens with zero attached hydrogens (tertiary/aromatic N) is 2. The Balaban J connectivity index is 2.24. The van der Waals surface area contributed by atoms with Crippen molar-refractivity contribution in [2.45, 2.75) is 13.0 Å². The van der Waals surface area contributed by atoms with E-state index in [0.29, 0.717) is 11.7 Å². The largest absolute Gasteiger partial charge is 0.478 e. The molecule has 0 aromatic heterocycles. The normalized spacial score (nSPS) is 21.0. The van der Waals surface area contributed by atoms with Crippen LogP contribution in [0, 0.1) is 0 Å². The van der Waals surface area contributed by atoms with Gasteiger partial charge in [0.05, 0.1) is 5.56 Å². The summed E-state index contributed by atoms with van der Waals surface area (Å²) in [5.41, 5.74) is 7.27. The van der Waals surface area contributed by atoms with Crippen molar-refractivity contribution in [2.75, 3.05) is 37.3 Å². The van der Waals surface area contributed by atoms with Gasteiger partial charge in [-0.1, -0.05) is 0 Å². The molecule has 1 aliphatic heterocycles. The van der Waals surface area contributed by atoms with E-state index < -0.39 is 5.97 Å². The van der Waals surface area contributed by atoms with E-state index in [0.717, 1.165) is 25.3 Å². The summed E-state index contributed by atoms with van der Waals surface area (Å²) in [6.07, 6.45) is 0. The van der Waals surface area contributed by atoms with E-state index in [1.54, 1.807) is 12.1 Å². The molecule has 1 unspecified atom stereocenters. The van der Waals surface area contributed by atoms with E-state index in [-0.39, 0.29) is 5.56 Å². The lowest BCUT2D eigenvalue weighted by Gasteiger charge is -2.40. The van der Waals surface area contributed by atoms with Gasteiger partial charge in [-0.2, -0.15) is 0 Å². The molecule has 0 bridgehead atoms. The van der Waals surface area contributed by atoms with Gasteiger partial charge in [0.1, 0.15) is 0 Å². The van der Waals surface area contributed by atoms with Crippen molar-refractivity contribution >= 4 is 17.3 Å². The van der Waals surface area contributed by atoms with Crippen molar-refractivity contribution < 1.29 is 9.90 Å². The first-order chi connectivity index (χ1) is 8.49. The van der Waals surface area contributed by atoms with E-state index in [4.69, 9.17) is 10.8 Å². The van der Waals surface area contributed by atoms with Crippen LogP contribution in [-0.2, 0) is 0 Å². The molecule has 1 aromatic carbocycles. The number of likely N-dealkylation sites (N-methyl/N-ethyl adjacent to an activating group) is 1. The molecule has 5 heteroatoms. The average molecular weight is 249 g/mol. The molecule has 3 N–H and O–H groups in total. The Kier molecular flexibility index (Phi) is 3.43. The summed E-state index contributed by atoms with van der Waals surface area (Å²) < 4.78 is 0. The number of nitrogen functional groups attached to an aromatic ring is 1. The highest BCUT2D eigenvalue weighted by Crippen LogP contribution is 2.24. The first kappa shape index (κ1) is 12.7. The quantitative estimate of drug-likeness (QED) is 0.768. The second kappa shape index (κ2) is 4.86. The summed E-state index contributed by atoms with van der Waals surface area (Å²) in [6, 6.07) is 5.57. The zero-order valence-corrected chi connectivity index (χ0v) is 10.8. The summed E-state index contributed by atoms with van der Waals surface area (Å²) in [6.45, 7) is 5.10. The van der Waals surface area contributed by atoms with Crippen molar-refractivity contribution in [1.82, 2.24) is 4.90 Å². The number of rotatable bonds is 2. The maximum Gasteiger partial charge on any atom is 0.337 e. The molecule has 1 aliphatic rings. The van der Waals surface area contributed by atoms with Crippen LogP contribution in [-0.4, -0.2) is 48.7 Å². The van der Waals surface area contributed by atoms with Gasteiger partial charge in [0, 0.05) is 37.1 Å². The molecule has 1 fully saturated rings. The van der Waals surface area contributed by atoms with E-state index in [2.05, 4.69) is 23.8 Å². The highest BCUT2D eigenvalue weighted by molar-refractivity contribution is 5.94. The van der Waals surface area contributed by atoms with Gasteiger partial charge in [-0.05, 0) is 32.2 Å². The molecule has 0 saturated carbocycles. The minimum absolute atomic E-state index is 0.167. The molecule has 2 rings (SSSR count). The van der Waals surface area contributed by atoms with Crippen LogP contribution in [0.25, 0.3) is 0 Å². The van der Waals surface area contributed by atoms with Crippen molar-refractivity contribution in [3.05, 3.63) is 23.8 Å². The van der Waals surface area contributed by atoms with Crippen LogP contribution < -0.4 is 10.6 Å². The zero-order valence-electron chi connectivity index (χ0n) is 10.8. The van der Waals surface area contributed by atoms with Gasteiger partial charge in [-0.25, -0.2) is 4.79 Å². The Morgan fingerprint density at radius 3 is 2.72 bits per heavy atom. The standard InChI is InChI=1S/C13H19N3O2/c1-9-8-15(2)5-6-16(9)10-3-4-11(13(17)18)12(14)7-10/h3-4,7,9H,5-6,8,14H2,1-2H3,(H,17,18). The SMILES string of the molecule is CC1CN(C)CCN1c1ccc(C(=O)O)c(N)c1. The highest BCUT2D eigenvalue weighted by atomic mass is 16.4. The Labute approximate surface area is 107 Å². The molecule has 0 aliphatic carbocycles. The molecule has 0 radical (unpaired) electrons. The average Bonchev–Trinajstić information content (AvgIpc) is 2.28. The molecule has 1 aromatic rings. The predicted molar refractivity (Wildman–Crippen MR) is 72.1 cm³/mol. The fraction of sp³-hybridized carbons (Fsp3) is 0.462. The first-order valence-electron chi connectivity index (χ1n) is 6.07. The summed E-state index contributed by atoms with van der Waals surface area (Å²) >= 11 is 0. The van der Waals surface area contributed by atoms with Crippen LogP contribution in [0.1, 0.15) is 17.3 Å². The number of benzene rings is 1. The second-order valence-corrected chi connectivity index (χ2v) is 4.88. The maximum absolute atomic E-state index is 10.9. The van der Waals surface area contributed by atoms with E-state index >= 15 is 0 Å². The number of hydrogen-bond donors (Lipinski definition) is 2. The highest BCUT2D eigenvalue weighted by Gasteiger charge is 2.22. The van der Waals surface area contributed by atoms with Crippen LogP contribution in [0.3, 0.4) is 0 Å². The molecule has 1 atom stereocenters. The number of carboxylic acid groups (broad SMARTS) is 1. The van der Waals surface area contributed by atoms with Crippen LogP contribution >= 0.6 is 0 Å². The van der Waals surface area contributed by atoms with Crippen LogP contribution in [0.5, 0.6) is 0 Å². The lowest BCUT2D eigenvalue weighted by atomic mass is 10.1. The number of nitrogens with two attached hydrogens (primary N) is 1. The minimum atomic E-state index is -0.981. The van der Waals surface area contributed by atoms with Crippen LogP contribution in [0.4, 0.5) is 11.4 Å². The number of aromatic carboxylic acids is 1. The number of anilines is 2. The lowest BCUT2D eigenvalue weighted by molar-refractivity contribution is 0.0698. The van der Waals surface area contributed by atoms with Gasteiger partial charge in [-0.15, -0.1) is 0 Å². The molecule has 0 spiro atoms. The molecular weight excluding hydrogens is 230 g/mol. The van der Waals surface area contributed by atoms with Gasteiger partial charge in [-0.3, -0.25) is 0 Å². The third-order valence-corrected chi connectivity index (χ3v) is 3.43. The smallest absolute Gasteiger partial charge is 0.337 e. The monoisotopic (exact) mass is 249 g/mol. The third kappa shape index (κ3) is 2.41. The zero-order chi connectivity index (χ0) is 13.3. The Morgan fingerprint density at radius 2 is 2.17 bits per heavy atom. The molecule has 1 saturated heterocycles. The molecule has 0 amide bonds. The summed E-state index contributed by atoms with van der Waals surface area (Å²) in [5, 5.41) is 8.95. The van der Waals surface area contributed by atoms with Crippen molar-refractivity contribution in [2.24, 2.45) is 0 Å². The number of piperazine rings is 1. The van der Waals surface area contributed by atoms with Gasteiger partial charge in [0.2, 0.25) is 0 Å². The van der Waals surface area contributed by atoms with Crippen LogP contribution in [0.2, 0.25) is 0 Å². The number of carbonyl (C=O) groups is 1. The molecular formula is C13H19N3O2. The minimum Gasteiger partial charge on any atom is -0.478 e. The maximum atomic E-state index is 10.9. The Bertz CT molecular complexity index is 462. The van der Waals surface area contributed by atoms with E-state index in [1.165, 1.54) is 0 Å². The Morgan fingerprint density at radius 1 is 1.44 bits per heavy atom. The van der Waals surface area contributed by atoms with Crippen LogP contribution in [0.15, 0.2) is 18.2 Å². The topological polar surface area (TPSA) is 69.8 Å². The van der Waals surface area contributed by atoms with Crippen molar-refractivity contribution in [1.29, 1.82) is 0 Å². The summed E-state index contributed by atoms with van der Waals surface area (Å²) in [5.74, 6) is -0.981.